The highest BCUT2D eigenvalue weighted by atomic mass is 16.2. The number of carbonyl (C=O) groups is 2. The van der Waals surface area contributed by atoms with Crippen LogP contribution in [0.3, 0.4) is 0 Å². The summed E-state index contributed by atoms with van der Waals surface area (Å²) in [6.07, 6.45) is 4.09. The Bertz CT molecular complexity index is 690. The molecule has 1 aliphatic heterocycles. The number of aryl methyl sites for hydroxylation is 1. The van der Waals surface area contributed by atoms with Gasteiger partial charge in [-0.05, 0) is 30.5 Å². The molecule has 4 heteroatoms. The SMILES string of the molecule is Cn1cccc1C(=O)N1CCC[C@@H](C(=O)Cc2ccccc2)C1. The van der Waals surface area contributed by atoms with Crippen molar-refractivity contribution in [2.45, 2.75) is 19.3 Å². The van der Waals surface area contributed by atoms with E-state index in [0.717, 1.165) is 24.9 Å². The first-order valence-corrected chi connectivity index (χ1v) is 8.12. The summed E-state index contributed by atoms with van der Waals surface area (Å²) in [5, 5.41) is 0. The van der Waals surface area contributed by atoms with Gasteiger partial charge in [0.2, 0.25) is 0 Å². The molecule has 1 saturated heterocycles. The predicted molar refractivity (Wildman–Crippen MR) is 89.2 cm³/mol. The maximum Gasteiger partial charge on any atom is 0.270 e. The van der Waals surface area contributed by atoms with Crippen molar-refractivity contribution in [1.82, 2.24) is 9.47 Å². The molecule has 1 aromatic heterocycles. The zero-order valence-corrected chi connectivity index (χ0v) is 13.4. The van der Waals surface area contributed by atoms with Gasteiger partial charge in [0.15, 0.2) is 0 Å². The zero-order chi connectivity index (χ0) is 16.2. The van der Waals surface area contributed by atoms with Gasteiger partial charge in [-0.3, -0.25) is 9.59 Å². The van der Waals surface area contributed by atoms with E-state index in [4.69, 9.17) is 0 Å². The number of Topliss-reactive ketones (excluding diaryl/α,β-unsaturated/α-hetero) is 1. The number of ketones is 1. The third-order valence-electron chi connectivity index (χ3n) is 4.55. The number of benzene rings is 1. The lowest BCUT2D eigenvalue weighted by molar-refractivity contribution is -0.123. The summed E-state index contributed by atoms with van der Waals surface area (Å²) >= 11 is 0. The highest BCUT2D eigenvalue weighted by molar-refractivity contribution is 5.93. The van der Waals surface area contributed by atoms with Crippen molar-refractivity contribution in [2.75, 3.05) is 13.1 Å². The first kappa shape index (κ1) is 15.5. The van der Waals surface area contributed by atoms with Crippen LogP contribution in [0.1, 0.15) is 28.9 Å². The molecule has 1 aliphatic rings. The molecule has 23 heavy (non-hydrogen) atoms. The molecule has 120 valence electrons. The fourth-order valence-electron chi connectivity index (χ4n) is 3.21. The molecule has 3 rings (SSSR count). The largest absolute Gasteiger partial charge is 0.347 e. The number of nitrogens with zero attached hydrogens (tertiary/aromatic N) is 2. The number of carbonyl (C=O) groups excluding carboxylic acids is 2. The molecule has 2 heterocycles. The second-order valence-corrected chi connectivity index (χ2v) is 6.22. The van der Waals surface area contributed by atoms with Gasteiger partial charge in [-0.15, -0.1) is 0 Å². The lowest BCUT2D eigenvalue weighted by Gasteiger charge is -2.32. The second kappa shape index (κ2) is 6.82. The van der Waals surface area contributed by atoms with Crippen molar-refractivity contribution >= 4 is 11.7 Å². The summed E-state index contributed by atoms with van der Waals surface area (Å²) in [4.78, 5) is 27.0. The molecular weight excluding hydrogens is 288 g/mol. The molecule has 0 spiro atoms. The predicted octanol–water partition coefficient (Wildman–Crippen LogP) is 2.69. The van der Waals surface area contributed by atoms with Crippen molar-refractivity contribution in [3.05, 3.63) is 59.9 Å². The van der Waals surface area contributed by atoms with Crippen LogP contribution in [-0.2, 0) is 18.3 Å². The molecule has 0 aliphatic carbocycles. The summed E-state index contributed by atoms with van der Waals surface area (Å²) in [6, 6.07) is 13.5. The normalized spacial score (nSPS) is 18.0. The third kappa shape index (κ3) is 3.52. The third-order valence-corrected chi connectivity index (χ3v) is 4.55. The summed E-state index contributed by atoms with van der Waals surface area (Å²) < 4.78 is 1.83. The van der Waals surface area contributed by atoms with Gasteiger partial charge in [0.05, 0.1) is 0 Å². The number of aromatic nitrogens is 1. The van der Waals surface area contributed by atoms with Gasteiger partial charge in [0, 0.05) is 38.7 Å². The standard InChI is InChI=1S/C19H22N2O2/c1-20-11-6-10-17(20)19(23)21-12-5-9-16(14-21)18(22)13-15-7-3-2-4-8-15/h2-4,6-8,10-11,16H,5,9,12-14H2,1H3/t16-/m1/s1. The van der Waals surface area contributed by atoms with Crippen LogP contribution in [0.4, 0.5) is 0 Å². The van der Waals surface area contributed by atoms with Gasteiger partial charge in [-0.2, -0.15) is 0 Å². The molecular formula is C19H22N2O2. The topological polar surface area (TPSA) is 42.3 Å². The maximum atomic E-state index is 12.6. The van der Waals surface area contributed by atoms with Crippen LogP contribution in [0.5, 0.6) is 0 Å². The Hall–Kier alpha value is -2.36. The minimum Gasteiger partial charge on any atom is -0.347 e. The van der Waals surface area contributed by atoms with E-state index in [-0.39, 0.29) is 17.6 Å². The van der Waals surface area contributed by atoms with Gasteiger partial charge < -0.3 is 9.47 Å². The average Bonchev–Trinajstić information content (AvgIpc) is 3.01. The van der Waals surface area contributed by atoms with Gasteiger partial charge in [-0.25, -0.2) is 0 Å². The molecule has 1 aromatic carbocycles. The minimum atomic E-state index is -0.0480. The maximum absolute atomic E-state index is 12.6. The monoisotopic (exact) mass is 310 g/mol. The van der Waals surface area contributed by atoms with Crippen LogP contribution >= 0.6 is 0 Å². The highest BCUT2D eigenvalue weighted by Crippen LogP contribution is 2.21. The molecule has 0 saturated carbocycles. The Labute approximate surface area is 136 Å². The molecule has 1 amide bonds. The average molecular weight is 310 g/mol. The Balaban J connectivity index is 1.65. The summed E-state index contributed by atoms with van der Waals surface area (Å²) in [6.45, 7) is 1.27. The lowest BCUT2D eigenvalue weighted by atomic mass is 9.90. The Morgan fingerprint density at radius 3 is 2.61 bits per heavy atom. The van der Waals surface area contributed by atoms with Crippen LogP contribution in [0, 0.1) is 5.92 Å². The van der Waals surface area contributed by atoms with E-state index in [0.29, 0.717) is 18.7 Å². The Morgan fingerprint density at radius 2 is 1.91 bits per heavy atom. The quantitative estimate of drug-likeness (QED) is 0.871. The molecule has 2 aromatic rings. The van der Waals surface area contributed by atoms with Crippen LogP contribution < -0.4 is 0 Å². The van der Waals surface area contributed by atoms with E-state index < -0.39 is 0 Å². The van der Waals surface area contributed by atoms with Crippen molar-refractivity contribution in [3.8, 4) is 0 Å². The number of hydrogen-bond donors (Lipinski definition) is 0. The van der Waals surface area contributed by atoms with E-state index in [1.165, 1.54) is 0 Å². The smallest absolute Gasteiger partial charge is 0.270 e. The summed E-state index contributed by atoms with van der Waals surface area (Å²) in [7, 11) is 1.87. The molecule has 0 bridgehead atoms. The minimum absolute atomic E-state index is 0.0229. The Morgan fingerprint density at radius 1 is 1.13 bits per heavy atom. The van der Waals surface area contributed by atoms with Gasteiger partial charge in [0.25, 0.3) is 5.91 Å². The number of piperidine rings is 1. The first-order valence-electron chi connectivity index (χ1n) is 8.12. The zero-order valence-electron chi connectivity index (χ0n) is 13.4. The second-order valence-electron chi connectivity index (χ2n) is 6.22. The fraction of sp³-hybridized carbons (Fsp3) is 0.368. The van der Waals surface area contributed by atoms with Gasteiger partial charge in [0.1, 0.15) is 11.5 Å². The van der Waals surface area contributed by atoms with Crippen molar-refractivity contribution < 1.29 is 9.59 Å². The van der Waals surface area contributed by atoms with E-state index in [9.17, 15) is 9.59 Å². The molecule has 1 atom stereocenters. The summed E-state index contributed by atoms with van der Waals surface area (Å²) in [5.74, 6) is 0.212. The number of amides is 1. The van der Waals surface area contributed by atoms with Crippen LogP contribution in [0.15, 0.2) is 48.7 Å². The van der Waals surface area contributed by atoms with E-state index in [1.54, 1.807) is 0 Å². The fourth-order valence-corrected chi connectivity index (χ4v) is 3.21. The van der Waals surface area contributed by atoms with Crippen LogP contribution in [0.2, 0.25) is 0 Å². The molecule has 4 nitrogen and oxygen atoms in total. The molecule has 0 unspecified atom stereocenters. The molecule has 1 fully saturated rings. The number of likely N-dealkylation sites (tertiary alicyclic amines) is 1. The van der Waals surface area contributed by atoms with Crippen molar-refractivity contribution in [3.63, 3.8) is 0 Å². The van der Waals surface area contributed by atoms with Crippen molar-refractivity contribution in [1.29, 1.82) is 0 Å². The van der Waals surface area contributed by atoms with E-state index in [2.05, 4.69) is 0 Å². The van der Waals surface area contributed by atoms with E-state index >= 15 is 0 Å². The van der Waals surface area contributed by atoms with Crippen molar-refractivity contribution in [2.24, 2.45) is 13.0 Å². The number of hydrogen-bond acceptors (Lipinski definition) is 2. The molecule has 0 N–H and O–H groups in total. The van der Waals surface area contributed by atoms with Gasteiger partial charge >= 0.3 is 0 Å². The molecule has 0 radical (unpaired) electrons. The van der Waals surface area contributed by atoms with Gasteiger partial charge in [-0.1, -0.05) is 30.3 Å². The number of rotatable bonds is 4. The van der Waals surface area contributed by atoms with E-state index in [1.807, 2.05) is 65.2 Å². The Kier molecular flexibility index (Phi) is 4.60. The highest BCUT2D eigenvalue weighted by Gasteiger charge is 2.29. The van der Waals surface area contributed by atoms with Crippen LogP contribution in [-0.4, -0.2) is 34.2 Å². The lowest BCUT2D eigenvalue weighted by Crippen LogP contribution is -2.43. The first-order chi connectivity index (χ1) is 11.1. The summed E-state index contributed by atoms with van der Waals surface area (Å²) in [5.41, 5.74) is 1.73. The van der Waals surface area contributed by atoms with Crippen LogP contribution in [0.25, 0.3) is 0 Å².